The second-order valence-electron chi connectivity index (χ2n) is 5.42. The first-order valence-corrected chi connectivity index (χ1v) is 8.97. The van der Waals surface area contributed by atoms with Gasteiger partial charge in [-0.2, -0.15) is 108 Å². The molecule has 0 unspecified atom stereocenters. The Labute approximate surface area is 177 Å². The standard InChI is InChI=1S/3C7H7.C4H10O.Al/c3*1-7-5-3-2-4-6-7;1-3-5-4-2;/h3*2-5H,1H3;3-4H2,1-2H3;/q3*-1;;+3. The molecule has 0 heterocycles. The Morgan fingerprint density at radius 2 is 0.889 bits per heavy atom. The Bertz CT molecular complexity index is 533. The van der Waals surface area contributed by atoms with Crippen molar-refractivity contribution in [3.8, 4) is 0 Å². The van der Waals surface area contributed by atoms with E-state index in [-0.39, 0.29) is 17.4 Å². The third-order valence-corrected chi connectivity index (χ3v) is 3.00. The summed E-state index contributed by atoms with van der Waals surface area (Å²) >= 11 is 0. The fourth-order valence-corrected chi connectivity index (χ4v) is 1.65. The average Bonchev–Trinajstić information content (AvgIpc) is 2.66. The molecule has 0 amide bonds. The summed E-state index contributed by atoms with van der Waals surface area (Å²) in [5, 5.41) is 0. The Morgan fingerprint density at radius 3 is 0.963 bits per heavy atom. The first-order chi connectivity index (χ1) is 12.6. The Morgan fingerprint density at radius 1 is 0.593 bits per heavy atom. The summed E-state index contributed by atoms with van der Waals surface area (Å²) in [6.45, 7) is 11.8. The number of hydrogen-bond donors (Lipinski definition) is 0. The molecule has 0 aliphatic rings. The zero-order valence-corrected chi connectivity index (χ0v) is 18.5. The minimum Gasteiger partial charge on any atom is -0.382 e. The van der Waals surface area contributed by atoms with Crippen LogP contribution in [0.2, 0.25) is 0 Å². The van der Waals surface area contributed by atoms with E-state index < -0.39 is 0 Å². The van der Waals surface area contributed by atoms with Gasteiger partial charge in [-0.15, -0.1) is 0 Å². The van der Waals surface area contributed by atoms with Crippen LogP contribution >= 0.6 is 0 Å². The van der Waals surface area contributed by atoms with Crippen LogP contribution in [0.4, 0.5) is 0 Å². The largest absolute Gasteiger partial charge is 3.00 e. The molecule has 0 spiro atoms. The van der Waals surface area contributed by atoms with E-state index >= 15 is 0 Å². The summed E-state index contributed by atoms with van der Waals surface area (Å²) in [7, 11) is 0. The summed E-state index contributed by atoms with van der Waals surface area (Å²) < 4.78 is 4.83. The molecule has 0 atom stereocenters. The molecule has 2 heteroatoms. The maximum atomic E-state index is 4.83. The van der Waals surface area contributed by atoms with Crippen LogP contribution in [-0.2, 0) is 4.74 Å². The zero-order valence-electron chi connectivity index (χ0n) is 17.3. The van der Waals surface area contributed by atoms with Gasteiger partial charge in [0, 0.05) is 13.2 Å². The van der Waals surface area contributed by atoms with Gasteiger partial charge in [-0.3, -0.25) is 0 Å². The fourth-order valence-electron chi connectivity index (χ4n) is 1.65. The molecule has 0 aliphatic carbocycles. The molecule has 0 bridgehead atoms. The monoisotopic (exact) mass is 374 g/mol. The van der Waals surface area contributed by atoms with E-state index in [1.807, 2.05) is 107 Å². The van der Waals surface area contributed by atoms with Gasteiger partial charge >= 0.3 is 17.4 Å². The van der Waals surface area contributed by atoms with Crippen molar-refractivity contribution < 1.29 is 4.74 Å². The molecular formula is C25H31AlO. The van der Waals surface area contributed by atoms with Gasteiger partial charge < -0.3 is 4.74 Å². The quantitative estimate of drug-likeness (QED) is 0.392. The first kappa shape index (κ1) is 27.4. The SMILES string of the molecule is CCOCC.Cc1[c-]cccc1.Cc1[c-]cccc1.Cc1[c-]cccc1.[Al+3]. The second kappa shape index (κ2) is 20.5. The summed E-state index contributed by atoms with van der Waals surface area (Å²) in [5.74, 6) is 0. The molecule has 0 aromatic heterocycles. The van der Waals surface area contributed by atoms with Crippen LogP contribution in [0.5, 0.6) is 0 Å². The van der Waals surface area contributed by atoms with Crippen LogP contribution in [0.3, 0.4) is 0 Å². The van der Waals surface area contributed by atoms with E-state index in [4.69, 9.17) is 4.74 Å². The minimum atomic E-state index is 0. The fraction of sp³-hybridized carbons (Fsp3) is 0.280. The third-order valence-electron chi connectivity index (χ3n) is 3.00. The molecule has 1 nitrogen and oxygen atoms in total. The van der Waals surface area contributed by atoms with E-state index in [1.165, 1.54) is 16.7 Å². The summed E-state index contributed by atoms with van der Waals surface area (Å²) in [6, 6.07) is 32.8. The molecule has 0 aliphatic heterocycles. The molecule has 3 aromatic rings. The third kappa shape index (κ3) is 20.3. The molecule has 3 rings (SSSR count). The number of benzene rings is 3. The van der Waals surface area contributed by atoms with Crippen molar-refractivity contribution in [3.05, 3.63) is 108 Å². The van der Waals surface area contributed by atoms with Gasteiger partial charge in [-0.25, -0.2) is 0 Å². The summed E-state index contributed by atoms with van der Waals surface area (Å²) in [5.41, 5.74) is 3.59. The van der Waals surface area contributed by atoms with Crippen molar-refractivity contribution in [1.29, 1.82) is 0 Å². The van der Waals surface area contributed by atoms with Gasteiger partial charge in [0.15, 0.2) is 0 Å². The van der Waals surface area contributed by atoms with E-state index in [1.54, 1.807) is 0 Å². The van der Waals surface area contributed by atoms with E-state index in [0.717, 1.165) is 13.2 Å². The van der Waals surface area contributed by atoms with Gasteiger partial charge in [-0.05, 0) is 13.8 Å². The maximum absolute atomic E-state index is 4.83. The van der Waals surface area contributed by atoms with Crippen molar-refractivity contribution in [2.45, 2.75) is 34.6 Å². The van der Waals surface area contributed by atoms with Gasteiger partial charge in [0.2, 0.25) is 0 Å². The van der Waals surface area contributed by atoms with Crippen molar-refractivity contribution >= 4 is 17.4 Å². The van der Waals surface area contributed by atoms with Gasteiger partial charge in [0.25, 0.3) is 0 Å². The summed E-state index contributed by atoms with van der Waals surface area (Å²) in [4.78, 5) is 0. The zero-order chi connectivity index (χ0) is 19.5. The topological polar surface area (TPSA) is 9.23 Å². The van der Waals surface area contributed by atoms with Crippen LogP contribution in [0.1, 0.15) is 30.5 Å². The van der Waals surface area contributed by atoms with Crippen LogP contribution in [-0.4, -0.2) is 30.6 Å². The Kier molecular flexibility index (Phi) is 20.7. The molecular weight excluding hydrogens is 343 g/mol. The first-order valence-electron chi connectivity index (χ1n) is 8.97. The summed E-state index contributed by atoms with van der Waals surface area (Å²) in [6.07, 6.45) is 0. The van der Waals surface area contributed by atoms with Crippen LogP contribution < -0.4 is 0 Å². The number of rotatable bonds is 2. The van der Waals surface area contributed by atoms with Crippen LogP contribution in [0, 0.1) is 39.0 Å². The smallest absolute Gasteiger partial charge is 0.382 e. The van der Waals surface area contributed by atoms with Gasteiger partial charge in [0.05, 0.1) is 0 Å². The molecule has 0 N–H and O–H groups in total. The van der Waals surface area contributed by atoms with Gasteiger partial charge in [0.1, 0.15) is 0 Å². The number of ether oxygens (including phenoxy) is 1. The molecule has 0 saturated heterocycles. The Hall–Kier alpha value is -1.85. The minimum absolute atomic E-state index is 0. The van der Waals surface area contributed by atoms with Crippen LogP contribution in [0.15, 0.2) is 72.8 Å². The van der Waals surface area contributed by atoms with Crippen molar-refractivity contribution in [3.63, 3.8) is 0 Å². The molecule has 3 aromatic carbocycles. The van der Waals surface area contributed by atoms with E-state index in [2.05, 4.69) is 18.2 Å². The number of hydrogen-bond acceptors (Lipinski definition) is 1. The molecule has 0 saturated carbocycles. The predicted octanol–water partition coefficient (Wildman–Crippen LogP) is 6.05. The van der Waals surface area contributed by atoms with E-state index in [9.17, 15) is 0 Å². The van der Waals surface area contributed by atoms with Crippen molar-refractivity contribution in [2.24, 2.45) is 0 Å². The van der Waals surface area contributed by atoms with Crippen LogP contribution in [0.25, 0.3) is 0 Å². The Balaban J connectivity index is 0. The molecule has 140 valence electrons. The van der Waals surface area contributed by atoms with E-state index in [0.29, 0.717) is 0 Å². The molecule has 27 heavy (non-hydrogen) atoms. The maximum Gasteiger partial charge on any atom is 3.00 e. The second-order valence-corrected chi connectivity index (χ2v) is 5.42. The average molecular weight is 375 g/mol. The molecule has 0 fully saturated rings. The molecule has 0 radical (unpaired) electrons. The van der Waals surface area contributed by atoms with Crippen molar-refractivity contribution in [1.82, 2.24) is 0 Å². The van der Waals surface area contributed by atoms with Gasteiger partial charge in [-0.1, -0.05) is 20.8 Å². The van der Waals surface area contributed by atoms with Crippen molar-refractivity contribution in [2.75, 3.05) is 13.2 Å². The predicted molar refractivity (Wildman–Crippen MR) is 118 cm³/mol. The normalized spacial score (nSPS) is 8.33. The number of aryl methyl sites for hydroxylation is 3.